The lowest BCUT2D eigenvalue weighted by molar-refractivity contribution is -0.134. The number of hydrogen-bond acceptors (Lipinski definition) is 4. The van der Waals surface area contributed by atoms with Crippen molar-refractivity contribution >= 4 is 5.91 Å². The average Bonchev–Trinajstić information content (AvgIpc) is 2.48. The monoisotopic (exact) mass is 326 g/mol. The normalized spacial score (nSPS) is 34.9. The zero-order valence-electron chi connectivity index (χ0n) is 15.3. The second-order valence-electron chi connectivity index (χ2n) is 8.25. The van der Waals surface area contributed by atoms with Crippen LogP contribution in [0.15, 0.2) is 0 Å². The van der Waals surface area contributed by atoms with Crippen molar-refractivity contribution < 1.29 is 14.6 Å². The van der Waals surface area contributed by atoms with Crippen LogP contribution in [0.3, 0.4) is 0 Å². The quantitative estimate of drug-likeness (QED) is 0.735. The molecule has 0 radical (unpaired) electrons. The number of piperidine rings is 1. The molecule has 3 atom stereocenters. The lowest BCUT2D eigenvalue weighted by atomic mass is 9.80. The molecule has 23 heavy (non-hydrogen) atoms. The Morgan fingerprint density at radius 2 is 1.91 bits per heavy atom. The summed E-state index contributed by atoms with van der Waals surface area (Å²) >= 11 is 0. The number of fused-ring (bicyclic) bond motifs is 1. The van der Waals surface area contributed by atoms with Crippen molar-refractivity contribution in [2.75, 3.05) is 46.9 Å². The van der Waals surface area contributed by atoms with Gasteiger partial charge in [0, 0.05) is 38.6 Å². The van der Waals surface area contributed by atoms with E-state index in [0.717, 1.165) is 39.0 Å². The number of likely N-dealkylation sites (tertiary alicyclic amines) is 1. The topological polar surface area (TPSA) is 53.0 Å². The largest absolute Gasteiger partial charge is 0.391 e. The van der Waals surface area contributed by atoms with E-state index in [1.807, 2.05) is 20.9 Å². The van der Waals surface area contributed by atoms with Gasteiger partial charge >= 0.3 is 0 Å². The van der Waals surface area contributed by atoms with Crippen LogP contribution in [0.2, 0.25) is 0 Å². The molecular weight excluding hydrogens is 292 g/mol. The number of nitrogens with zero attached hydrogens (tertiary/aromatic N) is 2. The predicted molar refractivity (Wildman–Crippen MR) is 91.2 cm³/mol. The Morgan fingerprint density at radius 1 is 1.17 bits per heavy atom. The molecule has 134 valence electrons. The van der Waals surface area contributed by atoms with Crippen LogP contribution in [0.4, 0.5) is 0 Å². The van der Waals surface area contributed by atoms with Gasteiger partial charge in [-0.3, -0.25) is 4.79 Å². The van der Waals surface area contributed by atoms with Crippen molar-refractivity contribution in [3.63, 3.8) is 0 Å². The maximum atomic E-state index is 12.6. The molecule has 0 bridgehead atoms. The van der Waals surface area contributed by atoms with Crippen molar-refractivity contribution in [1.82, 2.24) is 9.80 Å². The van der Waals surface area contributed by atoms with Crippen LogP contribution < -0.4 is 0 Å². The lowest BCUT2D eigenvalue weighted by Gasteiger charge is -2.37. The molecule has 0 aromatic rings. The first-order valence-corrected chi connectivity index (χ1v) is 8.98. The molecule has 2 aliphatic rings. The maximum absolute atomic E-state index is 12.6. The van der Waals surface area contributed by atoms with E-state index < -0.39 is 6.10 Å². The van der Waals surface area contributed by atoms with E-state index >= 15 is 0 Å². The number of ether oxygens (including phenoxy) is 1. The molecule has 2 saturated heterocycles. The molecule has 2 rings (SSSR count). The van der Waals surface area contributed by atoms with Crippen LogP contribution in [0.5, 0.6) is 0 Å². The van der Waals surface area contributed by atoms with Crippen molar-refractivity contribution in [2.45, 2.75) is 45.6 Å². The van der Waals surface area contributed by atoms with Gasteiger partial charge < -0.3 is 19.6 Å². The van der Waals surface area contributed by atoms with Crippen LogP contribution >= 0.6 is 0 Å². The highest BCUT2D eigenvalue weighted by atomic mass is 16.5. The van der Waals surface area contributed by atoms with Gasteiger partial charge in [-0.1, -0.05) is 13.8 Å². The molecule has 5 heteroatoms. The van der Waals surface area contributed by atoms with Crippen LogP contribution in [0, 0.1) is 17.3 Å². The second-order valence-corrected chi connectivity index (χ2v) is 8.25. The first-order chi connectivity index (χ1) is 10.8. The van der Waals surface area contributed by atoms with Gasteiger partial charge in [-0.15, -0.1) is 0 Å². The van der Waals surface area contributed by atoms with Gasteiger partial charge in [0.15, 0.2) is 0 Å². The Hall–Kier alpha value is -0.650. The first kappa shape index (κ1) is 18.7. The highest BCUT2D eigenvalue weighted by molar-refractivity contribution is 5.76. The van der Waals surface area contributed by atoms with E-state index in [0.29, 0.717) is 31.4 Å². The Morgan fingerprint density at radius 3 is 2.65 bits per heavy atom. The molecule has 1 amide bonds. The van der Waals surface area contributed by atoms with Crippen LogP contribution in [0.25, 0.3) is 0 Å². The van der Waals surface area contributed by atoms with E-state index in [2.05, 4.69) is 11.9 Å². The molecule has 2 heterocycles. The highest BCUT2D eigenvalue weighted by Gasteiger charge is 2.33. The first-order valence-electron chi connectivity index (χ1n) is 8.98. The minimum Gasteiger partial charge on any atom is -0.391 e. The molecule has 5 nitrogen and oxygen atoms in total. The number of carbonyl (C=O) groups is 1. The summed E-state index contributed by atoms with van der Waals surface area (Å²) in [6, 6.07) is 0. The number of carbonyl (C=O) groups excluding carboxylic acids is 1. The van der Waals surface area contributed by atoms with E-state index in [4.69, 9.17) is 4.74 Å². The van der Waals surface area contributed by atoms with E-state index in [1.54, 1.807) is 4.90 Å². The van der Waals surface area contributed by atoms with Gasteiger partial charge in [-0.2, -0.15) is 0 Å². The number of likely N-dealkylation sites (N-methyl/N-ethyl adjacent to an activating group) is 1. The van der Waals surface area contributed by atoms with Gasteiger partial charge in [0.2, 0.25) is 5.91 Å². The summed E-state index contributed by atoms with van der Waals surface area (Å²) in [5.74, 6) is 1.21. The molecule has 0 aromatic heterocycles. The summed E-state index contributed by atoms with van der Waals surface area (Å²) in [5.41, 5.74) is -0.338. The predicted octanol–water partition coefficient (Wildman–Crippen LogP) is 1.60. The Balaban J connectivity index is 2.08. The third-order valence-corrected chi connectivity index (χ3v) is 5.64. The Labute approximate surface area is 141 Å². The molecule has 1 N–H and O–H groups in total. The standard InChI is InChI=1S/C18H34N2O3/c1-18(2)13-23-9-5-6-15-11-19(3)8-7-14(15)10-17(22)20(4)12-16(18)21/h14-16,21H,5-13H2,1-4H3/t14-,15-,16-/m0/s1. The third kappa shape index (κ3) is 5.16. The van der Waals surface area contributed by atoms with E-state index in [9.17, 15) is 9.90 Å². The zero-order valence-corrected chi connectivity index (χ0v) is 15.3. The fourth-order valence-electron chi connectivity index (χ4n) is 3.73. The summed E-state index contributed by atoms with van der Waals surface area (Å²) in [4.78, 5) is 16.7. The van der Waals surface area contributed by atoms with E-state index in [1.165, 1.54) is 0 Å². The minimum absolute atomic E-state index is 0.166. The maximum Gasteiger partial charge on any atom is 0.222 e. The average molecular weight is 326 g/mol. The van der Waals surface area contributed by atoms with Crippen LogP contribution in [0.1, 0.15) is 39.5 Å². The summed E-state index contributed by atoms with van der Waals surface area (Å²) in [7, 11) is 3.98. The molecule has 0 aromatic carbocycles. The fraction of sp³-hybridized carbons (Fsp3) is 0.944. The van der Waals surface area contributed by atoms with Crippen molar-refractivity contribution in [2.24, 2.45) is 17.3 Å². The number of β-amino-alcohol motifs (C(OH)–C–C–N with tert-alkyl or cyclic N) is 1. The zero-order chi connectivity index (χ0) is 17.0. The molecular formula is C18H34N2O3. The summed E-state index contributed by atoms with van der Waals surface area (Å²) < 4.78 is 5.82. The molecule has 0 aliphatic carbocycles. The van der Waals surface area contributed by atoms with Gasteiger partial charge in [0.1, 0.15) is 0 Å². The number of rotatable bonds is 0. The number of aliphatic hydroxyl groups is 1. The lowest BCUT2D eigenvalue weighted by Crippen LogP contribution is -2.45. The molecule has 0 saturated carbocycles. The third-order valence-electron chi connectivity index (χ3n) is 5.64. The van der Waals surface area contributed by atoms with Crippen molar-refractivity contribution in [3.05, 3.63) is 0 Å². The fourth-order valence-corrected chi connectivity index (χ4v) is 3.73. The highest BCUT2D eigenvalue weighted by Crippen LogP contribution is 2.31. The smallest absolute Gasteiger partial charge is 0.222 e. The van der Waals surface area contributed by atoms with Gasteiger partial charge in [0.25, 0.3) is 0 Å². The molecule has 2 aliphatic heterocycles. The Bertz CT molecular complexity index is 400. The summed E-state index contributed by atoms with van der Waals surface area (Å²) in [6.07, 6.45) is 3.30. The Kier molecular flexibility index (Phi) is 6.46. The van der Waals surface area contributed by atoms with Crippen molar-refractivity contribution in [1.29, 1.82) is 0 Å². The molecule has 0 unspecified atom stereocenters. The number of amides is 1. The SMILES string of the molecule is CN1CC[C@H]2CC(=O)N(C)C[C@H](O)C(C)(C)COCCC[C@H]2C1. The summed E-state index contributed by atoms with van der Waals surface area (Å²) in [5, 5.41) is 10.5. The van der Waals surface area contributed by atoms with Crippen molar-refractivity contribution in [3.8, 4) is 0 Å². The minimum atomic E-state index is -0.564. The summed E-state index contributed by atoms with van der Waals surface area (Å²) in [6.45, 7) is 7.82. The van der Waals surface area contributed by atoms with E-state index in [-0.39, 0.29) is 11.3 Å². The van der Waals surface area contributed by atoms with Crippen LogP contribution in [-0.2, 0) is 9.53 Å². The number of hydrogen-bond donors (Lipinski definition) is 1. The van der Waals surface area contributed by atoms with Gasteiger partial charge in [-0.25, -0.2) is 0 Å². The second kappa shape index (κ2) is 7.95. The van der Waals surface area contributed by atoms with Gasteiger partial charge in [0.05, 0.1) is 12.7 Å². The molecule has 0 spiro atoms. The number of aliphatic hydroxyl groups excluding tert-OH is 1. The molecule has 2 fully saturated rings. The van der Waals surface area contributed by atoms with Gasteiger partial charge in [-0.05, 0) is 44.7 Å². The van der Waals surface area contributed by atoms with Crippen LogP contribution in [-0.4, -0.2) is 73.9 Å².